The van der Waals surface area contributed by atoms with E-state index >= 15 is 0 Å². The molecule has 0 saturated heterocycles. The Hall–Kier alpha value is -3.14. The van der Waals surface area contributed by atoms with E-state index in [9.17, 15) is 4.79 Å². The Morgan fingerprint density at radius 1 is 1.19 bits per heavy atom. The van der Waals surface area contributed by atoms with Crippen LogP contribution in [0.3, 0.4) is 0 Å². The molecule has 0 fully saturated rings. The fraction of sp³-hybridized carbons (Fsp3) is 0.217. The van der Waals surface area contributed by atoms with Gasteiger partial charge in [0.15, 0.2) is 0 Å². The van der Waals surface area contributed by atoms with Crippen molar-refractivity contribution in [3.8, 4) is 0 Å². The van der Waals surface area contributed by atoms with Gasteiger partial charge in [-0.05, 0) is 63.6 Å². The molecule has 0 radical (unpaired) electrons. The van der Waals surface area contributed by atoms with Crippen LogP contribution in [0.1, 0.15) is 49.3 Å². The molecule has 1 N–H and O–H groups in total. The highest BCUT2D eigenvalue weighted by Gasteiger charge is 2.16. The number of amides is 1. The summed E-state index contributed by atoms with van der Waals surface area (Å²) in [6.07, 6.45) is 5.21. The van der Waals surface area contributed by atoms with E-state index in [2.05, 4.69) is 23.5 Å². The van der Waals surface area contributed by atoms with Gasteiger partial charge < -0.3 is 10.1 Å². The fourth-order valence-corrected chi connectivity index (χ4v) is 2.56. The van der Waals surface area contributed by atoms with E-state index in [1.807, 2.05) is 64.1 Å². The SMILES string of the molecule is C=CC(=CC)c1cccnc1C(=O)Nc1ccc(C(=C)OC(C)(C)C)cc1. The summed E-state index contributed by atoms with van der Waals surface area (Å²) in [5, 5.41) is 2.88. The van der Waals surface area contributed by atoms with Crippen LogP contribution in [0.25, 0.3) is 11.3 Å². The first-order valence-electron chi connectivity index (χ1n) is 8.79. The summed E-state index contributed by atoms with van der Waals surface area (Å²) in [6, 6.07) is 11.0. The van der Waals surface area contributed by atoms with Gasteiger partial charge in [-0.3, -0.25) is 9.78 Å². The standard InChI is InChI=1S/C23H26N2O2/c1-7-17(8-2)20-10-9-15-24-21(20)22(26)25-19-13-11-18(12-14-19)16(3)27-23(4,5)6/h7-15H,1,3H2,2,4-6H3,(H,25,26). The lowest BCUT2D eigenvalue weighted by Gasteiger charge is -2.23. The summed E-state index contributed by atoms with van der Waals surface area (Å²) in [6.45, 7) is 15.6. The second-order valence-corrected chi connectivity index (χ2v) is 7.02. The Labute approximate surface area is 161 Å². The molecule has 1 amide bonds. The Morgan fingerprint density at radius 2 is 1.85 bits per heavy atom. The maximum Gasteiger partial charge on any atom is 0.274 e. The number of nitrogens with one attached hydrogen (secondary N) is 1. The van der Waals surface area contributed by atoms with Crippen LogP contribution in [0, 0.1) is 0 Å². The minimum Gasteiger partial charge on any atom is -0.488 e. The predicted octanol–water partition coefficient (Wildman–Crippen LogP) is 5.71. The van der Waals surface area contributed by atoms with Crippen molar-refractivity contribution in [3.05, 3.63) is 84.7 Å². The molecule has 0 saturated carbocycles. The predicted molar refractivity (Wildman–Crippen MR) is 112 cm³/mol. The van der Waals surface area contributed by atoms with Crippen LogP contribution >= 0.6 is 0 Å². The number of hydrogen-bond donors (Lipinski definition) is 1. The van der Waals surface area contributed by atoms with Gasteiger partial charge >= 0.3 is 0 Å². The van der Waals surface area contributed by atoms with Gasteiger partial charge in [-0.2, -0.15) is 0 Å². The van der Waals surface area contributed by atoms with Crippen molar-refractivity contribution in [1.29, 1.82) is 0 Å². The van der Waals surface area contributed by atoms with Crippen molar-refractivity contribution in [1.82, 2.24) is 4.98 Å². The van der Waals surface area contributed by atoms with Gasteiger partial charge in [-0.25, -0.2) is 0 Å². The summed E-state index contributed by atoms with van der Waals surface area (Å²) in [5.74, 6) is 0.320. The number of anilines is 1. The van der Waals surface area contributed by atoms with Gasteiger partial charge in [-0.1, -0.05) is 31.4 Å². The lowest BCUT2D eigenvalue weighted by atomic mass is 10.0. The van der Waals surface area contributed by atoms with Gasteiger partial charge in [0.05, 0.1) is 0 Å². The largest absolute Gasteiger partial charge is 0.488 e. The molecule has 0 aliphatic heterocycles. The van der Waals surface area contributed by atoms with Gasteiger partial charge in [0.1, 0.15) is 17.1 Å². The number of ether oxygens (including phenoxy) is 1. The van der Waals surface area contributed by atoms with Gasteiger partial charge in [0.25, 0.3) is 5.91 Å². The zero-order chi connectivity index (χ0) is 20.0. The van der Waals surface area contributed by atoms with E-state index in [4.69, 9.17) is 4.74 Å². The van der Waals surface area contributed by atoms with Crippen LogP contribution in [0.5, 0.6) is 0 Å². The number of rotatable bonds is 6. The molecule has 0 unspecified atom stereocenters. The van der Waals surface area contributed by atoms with Crippen LogP contribution in [0.15, 0.2) is 67.9 Å². The fourth-order valence-electron chi connectivity index (χ4n) is 2.56. The number of nitrogens with zero attached hydrogens (tertiary/aromatic N) is 1. The number of carbonyl (C=O) groups excluding carboxylic acids is 1. The molecule has 0 aliphatic rings. The van der Waals surface area contributed by atoms with E-state index < -0.39 is 0 Å². The van der Waals surface area contributed by atoms with Crippen molar-refractivity contribution >= 4 is 22.9 Å². The lowest BCUT2D eigenvalue weighted by Crippen LogP contribution is -2.18. The molecule has 140 valence electrons. The summed E-state index contributed by atoms with van der Waals surface area (Å²) in [4.78, 5) is 16.9. The molecule has 1 aromatic heterocycles. The third-order valence-corrected chi connectivity index (χ3v) is 3.76. The first-order chi connectivity index (χ1) is 12.7. The third-order valence-electron chi connectivity index (χ3n) is 3.76. The summed E-state index contributed by atoms with van der Waals surface area (Å²) >= 11 is 0. The zero-order valence-electron chi connectivity index (χ0n) is 16.4. The second kappa shape index (κ2) is 8.49. The van der Waals surface area contributed by atoms with Gasteiger partial charge in [0.2, 0.25) is 0 Å². The number of benzene rings is 1. The number of allylic oxidation sites excluding steroid dienone is 3. The normalized spacial score (nSPS) is 11.6. The molecule has 1 aromatic carbocycles. The molecule has 4 heteroatoms. The number of hydrogen-bond acceptors (Lipinski definition) is 3. The van der Waals surface area contributed by atoms with Crippen LogP contribution in [-0.2, 0) is 4.74 Å². The molecule has 4 nitrogen and oxygen atoms in total. The molecule has 0 spiro atoms. The molecular weight excluding hydrogens is 336 g/mol. The van der Waals surface area contributed by atoms with Gasteiger partial charge in [0, 0.05) is 23.0 Å². The average molecular weight is 362 g/mol. The molecule has 2 rings (SSSR count). The Morgan fingerprint density at radius 3 is 2.41 bits per heavy atom. The van der Waals surface area contributed by atoms with Crippen molar-refractivity contribution in [2.75, 3.05) is 5.32 Å². The highest BCUT2D eigenvalue weighted by Crippen LogP contribution is 2.23. The molecule has 0 aliphatic carbocycles. The maximum atomic E-state index is 12.7. The lowest BCUT2D eigenvalue weighted by molar-refractivity contribution is 0.0975. The van der Waals surface area contributed by atoms with E-state index in [0.29, 0.717) is 17.1 Å². The quantitative estimate of drug-likeness (QED) is 0.529. The van der Waals surface area contributed by atoms with Crippen molar-refractivity contribution in [2.45, 2.75) is 33.3 Å². The van der Waals surface area contributed by atoms with Crippen LogP contribution in [0.2, 0.25) is 0 Å². The van der Waals surface area contributed by atoms with Crippen molar-refractivity contribution in [3.63, 3.8) is 0 Å². The average Bonchev–Trinajstić information content (AvgIpc) is 2.62. The monoisotopic (exact) mass is 362 g/mol. The van der Waals surface area contributed by atoms with E-state index in [1.54, 1.807) is 18.3 Å². The van der Waals surface area contributed by atoms with Crippen LogP contribution < -0.4 is 5.32 Å². The van der Waals surface area contributed by atoms with E-state index in [-0.39, 0.29) is 11.5 Å². The van der Waals surface area contributed by atoms with E-state index in [0.717, 1.165) is 16.7 Å². The zero-order valence-corrected chi connectivity index (χ0v) is 16.4. The molecule has 0 bridgehead atoms. The molecule has 2 aromatic rings. The van der Waals surface area contributed by atoms with Gasteiger partial charge in [-0.15, -0.1) is 0 Å². The molecular formula is C23H26N2O2. The number of pyridine rings is 1. The Kier molecular flexibility index (Phi) is 6.35. The first-order valence-corrected chi connectivity index (χ1v) is 8.79. The topological polar surface area (TPSA) is 51.2 Å². The first kappa shape index (κ1) is 20.2. The molecule has 27 heavy (non-hydrogen) atoms. The van der Waals surface area contributed by atoms with Crippen molar-refractivity contribution < 1.29 is 9.53 Å². The summed E-state index contributed by atoms with van der Waals surface area (Å²) in [5.41, 5.74) is 3.19. The second-order valence-electron chi connectivity index (χ2n) is 7.02. The highest BCUT2D eigenvalue weighted by molar-refractivity contribution is 6.06. The van der Waals surface area contributed by atoms with Crippen LogP contribution in [-0.4, -0.2) is 16.5 Å². The Balaban J connectivity index is 2.18. The minimum atomic E-state index is -0.311. The van der Waals surface area contributed by atoms with Crippen LogP contribution in [0.4, 0.5) is 5.69 Å². The highest BCUT2D eigenvalue weighted by atomic mass is 16.5. The number of aromatic nitrogens is 1. The molecule has 0 atom stereocenters. The summed E-state index contributed by atoms with van der Waals surface area (Å²) < 4.78 is 5.77. The third kappa shape index (κ3) is 5.42. The summed E-state index contributed by atoms with van der Waals surface area (Å²) in [7, 11) is 0. The minimum absolute atomic E-state index is 0.274. The smallest absolute Gasteiger partial charge is 0.274 e. The molecule has 1 heterocycles. The number of carbonyl (C=O) groups is 1. The van der Waals surface area contributed by atoms with E-state index in [1.165, 1.54) is 0 Å². The van der Waals surface area contributed by atoms with Crippen molar-refractivity contribution in [2.24, 2.45) is 0 Å². The maximum absolute atomic E-state index is 12.7. The Bertz CT molecular complexity index is 872.